The van der Waals surface area contributed by atoms with E-state index in [1.54, 1.807) is 34.9 Å². The standard InChI is InChI=1S/C23H23Cl2N5O2S/c1-4-9-30-20(12-21(31)26-16-7-5-14(2)18(24)10-16)28-29-23(30)33-13-22(32)27-17-8-6-15(3)19(25)11-17/h4-8,10-11H,1,9,12-13H2,2-3H3,(H,26,31)(H,27,32). The molecule has 0 radical (unpaired) electrons. The minimum Gasteiger partial charge on any atom is -0.326 e. The molecule has 3 aromatic rings. The number of benzene rings is 2. The van der Waals surface area contributed by atoms with Gasteiger partial charge in [0.1, 0.15) is 5.82 Å². The summed E-state index contributed by atoms with van der Waals surface area (Å²) in [6.45, 7) is 7.95. The van der Waals surface area contributed by atoms with Gasteiger partial charge in [0.2, 0.25) is 11.8 Å². The smallest absolute Gasteiger partial charge is 0.234 e. The number of amides is 2. The molecule has 1 heterocycles. The summed E-state index contributed by atoms with van der Waals surface area (Å²) in [6, 6.07) is 10.7. The van der Waals surface area contributed by atoms with Crippen molar-refractivity contribution >= 4 is 58.2 Å². The Bertz CT molecular complexity index is 1200. The van der Waals surface area contributed by atoms with E-state index >= 15 is 0 Å². The molecule has 2 aromatic carbocycles. The number of aromatic nitrogens is 3. The third kappa shape index (κ3) is 6.83. The molecule has 0 unspecified atom stereocenters. The first-order chi connectivity index (χ1) is 15.8. The Morgan fingerprint density at radius 1 is 1.00 bits per heavy atom. The summed E-state index contributed by atoms with van der Waals surface area (Å²) in [5.74, 6) is 0.134. The molecule has 0 aliphatic carbocycles. The number of halogens is 2. The number of carbonyl (C=O) groups excluding carboxylic acids is 2. The quantitative estimate of drug-likeness (QED) is 0.305. The lowest BCUT2D eigenvalue weighted by molar-refractivity contribution is -0.116. The maximum Gasteiger partial charge on any atom is 0.234 e. The fourth-order valence-electron chi connectivity index (χ4n) is 2.89. The second kappa shape index (κ2) is 11.4. The minimum absolute atomic E-state index is 0.0148. The number of hydrogen-bond donors (Lipinski definition) is 2. The topological polar surface area (TPSA) is 88.9 Å². The first kappa shape index (κ1) is 24.8. The molecule has 0 bridgehead atoms. The summed E-state index contributed by atoms with van der Waals surface area (Å²) >= 11 is 13.5. The van der Waals surface area contributed by atoms with Crippen LogP contribution < -0.4 is 10.6 Å². The Kier molecular flexibility index (Phi) is 8.55. The molecule has 7 nitrogen and oxygen atoms in total. The van der Waals surface area contributed by atoms with Crippen LogP contribution in [0.4, 0.5) is 11.4 Å². The second-order valence-electron chi connectivity index (χ2n) is 7.29. The van der Waals surface area contributed by atoms with Gasteiger partial charge in [0.05, 0.1) is 12.2 Å². The van der Waals surface area contributed by atoms with E-state index in [0.29, 0.717) is 38.9 Å². The first-order valence-electron chi connectivity index (χ1n) is 10.0. The maximum atomic E-state index is 12.5. The molecular formula is C23H23Cl2N5O2S. The zero-order valence-electron chi connectivity index (χ0n) is 18.2. The van der Waals surface area contributed by atoms with Gasteiger partial charge in [0.15, 0.2) is 5.16 Å². The monoisotopic (exact) mass is 503 g/mol. The summed E-state index contributed by atoms with van der Waals surface area (Å²) in [5, 5.41) is 15.6. The molecule has 2 N–H and O–H groups in total. The van der Waals surface area contributed by atoms with E-state index in [-0.39, 0.29) is 24.0 Å². The van der Waals surface area contributed by atoms with E-state index in [0.717, 1.165) is 11.1 Å². The highest BCUT2D eigenvalue weighted by Crippen LogP contribution is 2.23. The van der Waals surface area contributed by atoms with E-state index in [2.05, 4.69) is 27.4 Å². The van der Waals surface area contributed by atoms with Gasteiger partial charge in [-0.2, -0.15) is 0 Å². The van der Waals surface area contributed by atoms with E-state index in [9.17, 15) is 9.59 Å². The van der Waals surface area contributed by atoms with Crippen molar-refractivity contribution in [3.8, 4) is 0 Å². The van der Waals surface area contributed by atoms with Gasteiger partial charge in [0.25, 0.3) is 0 Å². The normalized spacial score (nSPS) is 10.7. The lowest BCUT2D eigenvalue weighted by Gasteiger charge is -2.09. The molecule has 0 fully saturated rings. The summed E-state index contributed by atoms with van der Waals surface area (Å²) in [5.41, 5.74) is 3.09. The molecule has 0 spiro atoms. The number of thioether (sulfide) groups is 1. The van der Waals surface area contributed by atoms with Crippen molar-refractivity contribution in [2.45, 2.75) is 32.0 Å². The average molecular weight is 504 g/mol. The van der Waals surface area contributed by atoms with Crippen LogP contribution in [0.1, 0.15) is 17.0 Å². The summed E-state index contributed by atoms with van der Waals surface area (Å²) in [4.78, 5) is 24.9. The largest absolute Gasteiger partial charge is 0.326 e. The Labute approximate surface area is 206 Å². The SMILES string of the molecule is C=CCn1c(CC(=O)Nc2ccc(C)c(Cl)c2)nnc1SCC(=O)Nc1ccc(C)c(Cl)c1. The predicted octanol–water partition coefficient (Wildman–Crippen LogP) is 5.30. The highest BCUT2D eigenvalue weighted by molar-refractivity contribution is 7.99. The number of rotatable bonds is 9. The van der Waals surface area contributed by atoms with Crippen molar-refractivity contribution in [3.05, 3.63) is 76.0 Å². The Hall–Kier alpha value is -2.81. The lowest BCUT2D eigenvalue weighted by atomic mass is 10.2. The Morgan fingerprint density at radius 3 is 2.12 bits per heavy atom. The zero-order valence-corrected chi connectivity index (χ0v) is 20.5. The fraction of sp³-hybridized carbons (Fsp3) is 0.217. The minimum atomic E-state index is -0.252. The van der Waals surface area contributed by atoms with Crippen molar-refractivity contribution in [1.29, 1.82) is 0 Å². The Balaban J connectivity index is 1.62. The van der Waals surface area contributed by atoms with Crippen LogP contribution in [-0.4, -0.2) is 32.3 Å². The number of anilines is 2. The number of nitrogens with one attached hydrogen (secondary N) is 2. The third-order valence-corrected chi connectivity index (χ3v) is 6.45. The number of aryl methyl sites for hydroxylation is 2. The van der Waals surface area contributed by atoms with Gasteiger partial charge in [-0.15, -0.1) is 16.8 Å². The molecule has 10 heteroatoms. The average Bonchev–Trinajstić information content (AvgIpc) is 3.13. The number of hydrogen-bond acceptors (Lipinski definition) is 5. The van der Waals surface area contributed by atoms with Gasteiger partial charge < -0.3 is 15.2 Å². The van der Waals surface area contributed by atoms with Crippen LogP contribution in [0.2, 0.25) is 10.0 Å². The molecule has 1 aromatic heterocycles. The lowest BCUT2D eigenvalue weighted by Crippen LogP contribution is -2.18. The van der Waals surface area contributed by atoms with Crippen molar-refractivity contribution in [2.24, 2.45) is 0 Å². The van der Waals surface area contributed by atoms with Gasteiger partial charge >= 0.3 is 0 Å². The second-order valence-corrected chi connectivity index (χ2v) is 9.04. The van der Waals surface area contributed by atoms with Crippen LogP contribution in [0.25, 0.3) is 0 Å². The highest BCUT2D eigenvalue weighted by atomic mass is 35.5. The summed E-state index contributed by atoms with van der Waals surface area (Å²) in [7, 11) is 0. The van der Waals surface area contributed by atoms with Crippen LogP contribution in [0.5, 0.6) is 0 Å². The fourth-order valence-corrected chi connectivity index (χ4v) is 4.01. The van der Waals surface area contributed by atoms with E-state index in [4.69, 9.17) is 23.2 Å². The van der Waals surface area contributed by atoms with Crippen molar-refractivity contribution in [3.63, 3.8) is 0 Å². The first-order valence-corrected chi connectivity index (χ1v) is 11.8. The van der Waals surface area contributed by atoms with Gasteiger partial charge in [-0.05, 0) is 49.2 Å². The summed E-state index contributed by atoms with van der Waals surface area (Å²) in [6.07, 6.45) is 1.70. The van der Waals surface area contributed by atoms with E-state index < -0.39 is 0 Å². The third-order valence-electron chi connectivity index (χ3n) is 4.67. The van der Waals surface area contributed by atoms with Crippen LogP contribution in [0.3, 0.4) is 0 Å². The molecule has 0 saturated carbocycles. The molecule has 172 valence electrons. The maximum absolute atomic E-state index is 12.5. The van der Waals surface area contributed by atoms with E-state index in [1.165, 1.54) is 11.8 Å². The molecule has 0 aliphatic rings. The molecule has 33 heavy (non-hydrogen) atoms. The van der Waals surface area contributed by atoms with Gasteiger partial charge in [0, 0.05) is 28.0 Å². The predicted molar refractivity (Wildman–Crippen MR) is 134 cm³/mol. The van der Waals surface area contributed by atoms with Crippen LogP contribution in [-0.2, 0) is 22.6 Å². The molecule has 2 amide bonds. The van der Waals surface area contributed by atoms with Crippen molar-refractivity contribution < 1.29 is 9.59 Å². The number of nitrogens with zero attached hydrogens (tertiary/aromatic N) is 3. The van der Waals surface area contributed by atoms with Crippen molar-refractivity contribution in [1.82, 2.24) is 14.8 Å². The van der Waals surface area contributed by atoms with Gasteiger partial charge in [-0.1, -0.05) is 53.2 Å². The number of allylic oxidation sites excluding steroid dienone is 1. The molecular weight excluding hydrogens is 481 g/mol. The van der Waals surface area contributed by atoms with Gasteiger partial charge in [-0.25, -0.2) is 0 Å². The number of carbonyl (C=O) groups is 2. The molecule has 3 rings (SSSR count). The van der Waals surface area contributed by atoms with Crippen LogP contribution in [0, 0.1) is 13.8 Å². The molecule has 0 atom stereocenters. The summed E-state index contributed by atoms with van der Waals surface area (Å²) < 4.78 is 1.76. The van der Waals surface area contributed by atoms with Crippen LogP contribution in [0.15, 0.2) is 54.2 Å². The Morgan fingerprint density at radius 2 is 1.58 bits per heavy atom. The zero-order chi connectivity index (χ0) is 24.0. The van der Waals surface area contributed by atoms with Crippen LogP contribution >= 0.6 is 35.0 Å². The van der Waals surface area contributed by atoms with Crippen molar-refractivity contribution in [2.75, 3.05) is 16.4 Å². The van der Waals surface area contributed by atoms with Gasteiger partial charge in [-0.3, -0.25) is 9.59 Å². The van der Waals surface area contributed by atoms with E-state index in [1.807, 2.05) is 26.0 Å². The molecule has 0 saturated heterocycles. The molecule has 0 aliphatic heterocycles. The highest BCUT2D eigenvalue weighted by Gasteiger charge is 2.17.